The van der Waals surface area contributed by atoms with Gasteiger partial charge in [-0.2, -0.15) is 11.8 Å². The lowest BCUT2D eigenvalue weighted by molar-refractivity contribution is 0.0244. The van der Waals surface area contributed by atoms with E-state index in [0.29, 0.717) is 12.1 Å². The minimum atomic E-state index is 0.292. The van der Waals surface area contributed by atoms with Crippen molar-refractivity contribution in [3.63, 3.8) is 0 Å². The predicted octanol–water partition coefficient (Wildman–Crippen LogP) is 1.64. The average Bonchev–Trinajstić information content (AvgIpc) is 2.09. The second-order valence-corrected chi connectivity index (χ2v) is 4.34. The minimum Gasteiger partial charge on any atom is -0.376 e. The van der Waals surface area contributed by atoms with Crippen molar-refractivity contribution >= 4 is 11.8 Å². The molecule has 0 radical (unpaired) electrons. The van der Waals surface area contributed by atoms with Crippen molar-refractivity contribution in [1.29, 1.82) is 0 Å². The topological polar surface area (TPSA) is 35.2 Å². The normalized spacial score (nSPS) is 30.5. The first kappa shape index (κ1) is 10.4. The van der Waals surface area contributed by atoms with Crippen molar-refractivity contribution in [2.75, 3.05) is 18.6 Å². The third kappa shape index (κ3) is 3.33. The van der Waals surface area contributed by atoms with Crippen LogP contribution in [0.15, 0.2) is 0 Å². The second kappa shape index (κ2) is 5.84. The van der Waals surface area contributed by atoms with Gasteiger partial charge in [0.05, 0.1) is 12.7 Å². The third-order valence-corrected chi connectivity index (χ3v) is 2.95. The number of nitrogens with two attached hydrogens (primary N) is 1. The molecule has 0 spiro atoms. The fourth-order valence-electron chi connectivity index (χ4n) is 1.62. The fraction of sp³-hybridized carbons (Fsp3) is 1.00. The van der Waals surface area contributed by atoms with Crippen LogP contribution in [0.5, 0.6) is 0 Å². The Bertz CT molecular complexity index is 121. The van der Waals surface area contributed by atoms with E-state index in [4.69, 9.17) is 10.5 Å². The highest BCUT2D eigenvalue weighted by molar-refractivity contribution is 7.98. The monoisotopic (exact) mass is 189 g/mol. The van der Waals surface area contributed by atoms with Crippen LogP contribution in [-0.4, -0.2) is 30.8 Å². The molecule has 1 aliphatic carbocycles. The van der Waals surface area contributed by atoms with Gasteiger partial charge in [0, 0.05) is 11.8 Å². The second-order valence-electron chi connectivity index (χ2n) is 3.35. The lowest BCUT2D eigenvalue weighted by Gasteiger charge is -2.28. The van der Waals surface area contributed by atoms with E-state index in [1.54, 1.807) is 0 Å². The van der Waals surface area contributed by atoms with Gasteiger partial charge >= 0.3 is 0 Å². The van der Waals surface area contributed by atoms with Gasteiger partial charge in [-0.15, -0.1) is 0 Å². The summed E-state index contributed by atoms with van der Waals surface area (Å²) in [5.74, 6) is 1.09. The van der Waals surface area contributed by atoms with Crippen molar-refractivity contribution in [1.82, 2.24) is 0 Å². The zero-order chi connectivity index (χ0) is 8.81. The highest BCUT2D eigenvalue weighted by Gasteiger charge is 2.21. The van der Waals surface area contributed by atoms with Gasteiger partial charge in [0.2, 0.25) is 0 Å². The first-order chi connectivity index (χ1) is 5.84. The van der Waals surface area contributed by atoms with E-state index in [1.165, 1.54) is 12.8 Å². The first-order valence-corrected chi connectivity index (χ1v) is 6.10. The van der Waals surface area contributed by atoms with Crippen LogP contribution >= 0.6 is 11.8 Å². The maximum atomic E-state index is 5.93. The molecule has 72 valence electrons. The molecule has 0 aromatic rings. The summed E-state index contributed by atoms with van der Waals surface area (Å²) in [6, 6.07) is 0.292. The Balaban J connectivity index is 2.11. The highest BCUT2D eigenvalue weighted by Crippen LogP contribution is 2.19. The van der Waals surface area contributed by atoms with Gasteiger partial charge < -0.3 is 10.5 Å². The summed E-state index contributed by atoms with van der Waals surface area (Å²) in [5, 5.41) is 0. The van der Waals surface area contributed by atoms with Gasteiger partial charge in [-0.25, -0.2) is 0 Å². The molecule has 1 fully saturated rings. The Morgan fingerprint density at radius 3 is 2.83 bits per heavy atom. The van der Waals surface area contributed by atoms with E-state index in [0.717, 1.165) is 25.2 Å². The first-order valence-electron chi connectivity index (χ1n) is 4.70. The molecule has 0 aromatic carbocycles. The molecule has 2 atom stereocenters. The molecule has 12 heavy (non-hydrogen) atoms. The summed E-state index contributed by atoms with van der Waals surface area (Å²) in [5.41, 5.74) is 5.93. The molecule has 2 N–H and O–H groups in total. The van der Waals surface area contributed by atoms with Gasteiger partial charge in [-0.3, -0.25) is 0 Å². The molecule has 0 saturated heterocycles. The lowest BCUT2D eigenvalue weighted by Crippen LogP contribution is -2.39. The predicted molar refractivity (Wildman–Crippen MR) is 54.6 cm³/mol. The smallest absolute Gasteiger partial charge is 0.0726 e. The van der Waals surface area contributed by atoms with Crippen molar-refractivity contribution < 1.29 is 4.74 Å². The number of ether oxygens (including phenoxy) is 1. The third-order valence-electron chi connectivity index (χ3n) is 2.37. The standard InChI is InChI=1S/C9H19NOS/c1-12-7-6-11-9-5-3-2-4-8(9)10/h8-9H,2-7,10H2,1H3. The van der Waals surface area contributed by atoms with Gasteiger partial charge in [-0.1, -0.05) is 12.8 Å². The fourth-order valence-corrected chi connectivity index (χ4v) is 1.88. The minimum absolute atomic E-state index is 0.292. The molecular formula is C9H19NOS. The molecule has 0 bridgehead atoms. The molecule has 0 heterocycles. The zero-order valence-electron chi connectivity index (χ0n) is 7.79. The summed E-state index contributed by atoms with van der Waals surface area (Å²) in [4.78, 5) is 0. The van der Waals surface area contributed by atoms with Crippen LogP contribution < -0.4 is 5.73 Å². The Morgan fingerprint density at radius 2 is 2.17 bits per heavy atom. The maximum absolute atomic E-state index is 5.93. The highest BCUT2D eigenvalue weighted by atomic mass is 32.2. The van der Waals surface area contributed by atoms with Crippen LogP contribution in [0.4, 0.5) is 0 Å². The number of hydrogen-bond acceptors (Lipinski definition) is 3. The molecule has 0 aliphatic heterocycles. The molecule has 3 heteroatoms. The Hall–Kier alpha value is 0.270. The SMILES string of the molecule is CSCCOC1CCCCC1N. The molecule has 2 nitrogen and oxygen atoms in total. The van der Waals surface area contributed by atoms with Gasteiger partial charge in [-0.05, 0) is 19.1 Å². The van der Waals surface area contributed by atoms with Crippen molar-refractivity contribution in [2.45, 2.75) is 37.8 Å². The van der Waals surface area contributed by atoms with Crippen molar-refractivity contribution in [2.24, 2.45) is 5.73 Å². The van der Waals surface area contributed by atoms with Crippen LogP contribution in [0.2, 0.25) is 0 Å². The van der Waals surface area contributed by atoms with Gasteiger partial charge in [0.1, 0.15) is 0 Å². The van der Waals surface area contributed by atoms with Crippen LogP contribution in [0.1, 0.15) is 25.7 Å². The maximum Gasteiger partial charge on any atom is 0.0726 e. The van der Waals surface area contributed by atoms with E-state index in [-0.39, 0.29) is 0 Å². The summed E-state index contributed by atoms with van der Waals surface area (Å²) >= 11 is 1.83. The van der Waals surface area contributed by atoms with Crippen LogP contribution in [0, 0.1) is 0 Å². The molecule has 0 aromatic heterocycles. The lowest BCUT2D eigenvalue weighted by atomic mass is 9.93. The van der Waals surface area contributed by atoms with E-state index in [2.05, 4.69) is 6.26 Å². The number of hydrogen-bond donors (Lipinski definition) is 1. The Morgan fingerprint density at radius 1 is 1.42 bits per heavy atom. The summed E-state index contributed by atoms with van der Waals surface area (Å²) in [7, 11) is 0. The number of thioether (sulfide) groups is 1. The van der Waals surface area contributed by atoms with E-state index < -0.39 is 0 Å². The molecule has 0 amide bonds. The van der Waals surface area contributed by atoms with E-state index in [9.17, 15) is 0 Å². The summed E-state index contributed by atoms with van der Waals surface area (Å²) < 4.78 is 5.69. The molecule has 1 aliphatic rings. The van der Waals surface area contributed by atoms with Crippen molar-refractivity contribution in [3.8, 4) is 0 Å². The molecule has 1 rings (SSSR count). The zero-order valence-corrected chi connectivity index (χ0v) is 8.61. The van der Waals surface area contributed by atoms with E-state index >= 15 is 0 Å². The van der Waals surface area contributed by atoms with Gasteiger partial charge in [0.15, 0.2) is 0 Å². The summed E-state index contributed by atoms with van der Waals surface area (Å²) in [6.07, 6.45) is 7.32. The molecule has 2 unspecified atom stereocenters. The van der Waals surface area contributed by atoms with Crippen LogP contribution in [0.25, 0.3) is 0 Å². The molecule has 1 saturated carbocycles. The average molecular weight is 189 g/mol. The largest absolute Gasteiger partial charge is 0.376 e. The number of rotatable bonds is 4. The van der Waals surface area contributed by atoms with Crippen LogP contribution in [-0.2, 0) is 4.74 Å². The Labute approximate surface area is 79.2 Å². The quantitative estimate of drug-likeness (QED) is 0.683. The van der Waals surface area contributed by atoms with E-state index in [1.807, 2.05) is 11.8 Å². The Kier molecular flexibility index (Phi) is 5.04. The van der Waals surface area contributed by atoms with Crippen molar-refractivity contribution in [3.05, 3.63) is 0 Å². The molecular weight excluding hydrogens is 170 g/mol. The van der Waals surface area contributed by atoms with Crippen LogP contribution in [0.3, 0.4) is 0 Å². The summed E-state index contributed by atoms with van der Waals surface area (Å²) in [6.45, 7) is 0.861. The van der Waals surface area contributed by atoms with Gasteiger partial charge in [0.25, 0.3) is 0 Å².